The van der Waals surface area contributed by atoms with Gasteiger partial charge in [-0.1, -0.05) is 0 Å². The highest BCUT2D eigenvalue weighted by molar-refractivity contribution is 5.89. The van der Waals surface area contributed by atoms with Crippen molar-refractivity contribution in [2.24, 2.45) is 7.05 Å². The molecule has 1 aromatic carbocycles. The van der Waals surface area contributed by atoms with Crippen LogP contribution in [0.4, 0.5) is 10.2 Å². The number of anilines is 1. The SMILES string of the molecule is COCOc1c(-c2ccc3nc(N4CCC(NC(C)(C)C)C4)ccc3n2)cc2cn(C)nc2c1F. The number of halogens is 1. The molecule has 1 unspecified atom stereocenters. The lowest BCUT2D eigenvalue weighted by molar-refractivity contribution is 0.0489. The second-order valence-electron chi connectivity index (χ2n) is 10.1. The van der Waals surface area contributed by atoms with Crippen LogP contribution in [0.3, 0.4) is 0 Å². The Balaban J connectivity index is 1.48. The molecule has 0 spiro atoms. The number of nitrogens with one attached hydrogen (secondary N) is 1. The molecule has 1 atom stereocenters. The van der Waals surface area contributed by atoms with Gasteiger partial charge in [0.2, 0.25) is 0 Å². The average molecular weight is 479 g/mol. The number of hydrogen-bond acceptors (Lipinski definition) is 7. The van der Waals surface area contributed by atoms with Crippen molar-refractivity contribution in [2.45, 2.75) is 38.8 Å². The van der Waals surface area contributed by atoms with Crippen molar-refractivity contribution in [1.82, 2.24) is 25.1 Å². The summed E-state index contributed by atoms with van der Waals surface area (Å²) in [5.74, 6) is 0.485. The van der Waals surface area contributed by atoms with Crippen LogP contribution in [0.5, 0.6) is 5.75 Å². The maximum atomic E-state index is 15.3. The quantitative estimate of drug-likeness (QED) is 0.415. The summed E-state index contributed by atoms with van der Waals surface area (Å²) in [5, 5.41) is 8.57. The maximum absolute atomic E-state index is 15.3. The van der Waals surface area contributed by atoms with E-state index in [1.165, 1.54) is 7.11 Å². The Kier molecular flexibility index (Phi) is 6.06. The van der Waals surface area contributed by atoms with Gasteiger partial charge in [0.1, 0.15) is 11.3 Å². The summed E-state index contributed by atoms with van der Waals surface area (Å²) in [6.45, 7) is 8.38. The molecule has 8 nitrogen and oxygen atoms in total. The van der Waals surface area contributed by atoms with Crippen molar-refractivity contribution >= 4 is 27.8 Å². The summed E-state index contributed by atoms with van der Waals surface area (Å²) < 4.78 is 27.5. The van der Waals surface area contributed by atoms with Crippen molar-refractivity contribution in [3.8, 4) is 17.0 Å². The van der Waals surface area contributed by atoms with E-state index in [1.54, 1.807) is 17.9 Å². The standard InChI is InChI=1S/C26H31FN6O2/c1-26(2,3)30-17-10-11-33(14-17)22-9-8-20-21(29-22)7-6-19(28-20)18-12-16-13-32(4)31-24(16)23(27)25(18)35-15-34-5/h6-9,12-13,17,30H,10-11,14-15H2,1-5H3. The minimum atomic E-state index is -0.530. The number of methoxy groups -OCH3 is 1. The van der Waals surface area contributed by atoms with Gasteiger partial charge in [0.05, 0.1) is 16.7 Å². The summed E-state index contributed by atoms with van der Waals surface area (Å²) >= 11 is 0. The van der Waals surface area contributed by atoms with Crippen LogP contribution >= 0.6 is 0 Å². The van der Waals surface area contributed by atoms with Gasteiger partial charge in [0.15, 0.2) is 18.4 Å². The van der Waals surface area contributed by atoms with Gasteiger partial charge in [-0.25, -0.2) is 14.4 Å². The number of nitrogens with zero attached hydrogens (tertiary/aromatic N) is 5. The van der Waals surface area contributed by atoms with Crippen molar-refractivity contribution < 1.29 is 13.9 Å². The number of fused-ring (bicyclic) bond motifs is 2. The van der Waals surface area contributed by atoms with Crippen LogP contribution in [0.2, 0.25) is 0 Å². The molecule has 9 heteroatoms. The molecule has 1 saturated heterocycles. The minimum absolute atomic E-state index is 0.0731. The molecule has 0 radical (unpaired) electrons. The van der Waals surface area contributed by atoms with E-state index in [4.69, 9.17) is 19.4 Å². The zero-order valence-corrected chi connectivity index (χ0v) is 20.8. The number of ether oxygens (including phenoxy) is 2. The zero-order valence-electron chi connectivity index (χ0n) is 20.8. The van der Waals surface area contributed by atoms with Crippen LogP contribution < -0.4 is 15.0 Å². The van der Waals surface area contributed by atoms with Crippen molar-refractivity contribution in [2.75, 3.05) is 31.9 Å². The van der Waals surface area contributed by atoms with Crippen LogP contribution in [0.25, 0.3) is 33.2 Å². The molecular formula is C26H31FN6O2. The molecule has 1 fully saturated rings. The molecule has 4 heterocycles. The third-order valence-electron chi connectivity index (χ3n) is 6.08. The van der Waals surface area contributed by atoms with E-state index >= 15 is 4.39 Å². The fourth-order valence-corrected chi connectivity index (χ4v) is 4.70. The first-order valence-corrected chi connectivity index (χ1v) is 11.8. The summed E-state index contributed by atoms with van der Waals surface area (Å²) in [5.41, 5.74) is 3.00. The highest BCUT2D eigenvalue weighted by Crippen LogP contribution is 2.37. The van der Waals surface area contributed by atoms with Gasteiger partial charge in [-0.3, -0.25) is 4.68 Å². The van der Waals surface area contributed by atoms with Crippen molar-refractivity contribution in [3.05, 3.63) is 42.3 Å². The highest BCUT2D eigenvalue weighted by Gasteiger charge is 2.27. The minimum Gasteiger partial charge on any atom is -0.464 e. The van der Waals surface area contributed by atoms with Crippen molar-refractivity contribution in [3.63, 3.8) is 0 Å². The topological polar surface area (TPSA) is 77.3 Å². The Morgan fingerprint density at radius 3 is 2.69 bits per heavy atom. The average Bonchev–Trinajstić information content (AvgIpc) is 3.42. The van der Waals surface area contributed by atoms with E-state index in [1.807, 2.05) is 30.3 Å². The molecule has 1 aliphatic rings. The van der Waals surface area contributed by atoms with Crippen LogP contribution in [-0.4, -0.2) is 58.3 Å². The largest absolute Gasteiger partial charge is 0.464 e. The van der Waals surface area contributed by atoms with E-state index < -0.39 is 5.82 Å². The van der Waals surface area contributed by atoms with E-state index in [0.29, 0.717) is 22.7 Å². The number of aromatic nitrogens is 4. The molecular weight excluding hydrogens is 447 g/mol. The van der Waals surface area contributed by atoms with Gasteiger partial charge in [-0.15, -0.1) is 0 Å². The molecule has 35 heavy (non-hydrogen) atoms. The van der Waals surface area contributed by atoms with Gasteiger partial charge >= 0.3 is 0 Å². The first kappa shape index (κ1) is 23.4. The van der Waals surface area contributed by atoms with E-state index in [9.17, 15) is 0 Å². The van der Waals surface area contributed by atoms with Gasteiger partial charge in [-0.05, 0) is 57.5 Å². The third kappa shape index (κ3) is 4.78. The lowest BCUT2D eigenvalue weighted by Crippen LogP contribution is -2.44. The molecule has 1 aliphatic heterocycles. The number of rotatable bonds is 6. The van der Waals surface area contributed by atoms with E-state index in [-0.39, 0.29) is 23.6 Å². The molecule has 0 saturated carbocycles. The fraction of sp³-hybridized carbons (Fsp3) is 0.423. The third-order valence-corrected chi connectivity index (χ3v) is 6.08. The smallest absolute Gasteiger partial charge is 0.193 e. The van der Waals surface area contributed by atoms with E-state index in [0.717, 1.165) is 36.4 Å². The predicted molar refractivity (Wildman–Crippen MR) is 135 cm³/mol. The van der Waals surface area contributed by atoms with Gasteiger partial charge < -0.3 is 19.7 Å². The Bertz CT molecular complexity index is 1380. The summed E-state index contributed by atoms with van der Waals surface area (Å²) in [6, 6.07) is 10.0. The number of hydrogen-bond donors (Lipinski definition) is 1. The summed E-state index contributed by atoms with van der Waals surface area (Å²) in [7, 11) is 3.25. The number of pyridine rings is 2. The Hall–Kier alpha value is -3.30. The molecule has 1 N–H and O–H groups in total. The zero-order chi connectivity index (χ0) is 24.7. The Morgan fingerprint density at radius 2 is 1.91 bits per heavy atom. The first-order chi connectivity index (χ1) is 16.7. The Morgan fingerprint density at radius 1 is 1.14 bits per heavy atom. The van der Waals surface area contributed by atoms with Gasteiger partial charge in [-0.2, -0.15) is 5.10 Å². The second kappa shape index (κ2) is 9.05. The molecule has 0 aliphatic carbocycles. The normalized spacial score (nSPS) is 16.5. The second-order valence-corrected chi connectivity index (χ2v) is 10.1. The number of aryl methyl sites for hydroxylation is 1. The predicted octanol–water partition coefficient (Wildman–Crippen LogP) is 4.27. The molecule has 0 amide bonds. The van der Waals surface area contributed by atoms with Gasteiger partial charge in [0.25, 0.3) is 0 Å². The molecule has 4 aromatic rings. The lowest BCUT2D eigenvalue weighted by Gasteiger charge is -2.26. The monoisotopic (exact) mass is 478 g/mol. The first-order valence-electron chi connectivity index (χ1n) is 11.8. The fourth-order valence-electron chi connectivity index (χ4n) is 4.70. The molecule has 184 valence electrons. The highest BCUT2D eigenvalue weighted by atomic mass is 19.1. The summed E-state index contributed by atoms with van der Waals surface area (Å²) in [6.07, 6.45) is 2.86. The van der Waals surface area contributed by atoms with Crippen LogP contribution in [0, 0.1) is 5.82 Å². The Labute approximate surface area is 204 Å². The number of benzene rings is 1. The molecule has 5 rings (SSSR count). The van der Waals surface area contributed by atoms with Gasteiger partial charge in [0, 0.05) is 56.0 Å². The maximum Gasteiger partial charge on any atom is 0.193 e. The van der Waals surface area contributed by atoms with Crippen LogP contribution in [-0.2, 0) is 11.8 Å². The summed E-state index contributed by atoms with van der Waals surface area (Å²) in [4.78, 5) is 12.0. The van der Waals surface area contributed by atoms with Crippen molar-refractivity contribution in [1.29, 1.82) is 0 Å². The lowest BCUT2D eigenvalue weighted by atomic mass is 10.1. The molecule has 0 bridgehead atoms. The van der Waals surface area contributed by atoms with Crippen LogP contribution in [0.1, 0.15) is 27.2 Å². The van der Waals surface area contributed by atoms with Crippen LogP contribution in [0.15, 0.2) is 36.5 Å². The van der Waals surface area contributed by atoms with E-state index in [2.05, 4.69) is 36.1 Å². The molecule has 3 aromatic heterocycles.